The first-order valence-electron chi connectivity index (χ1n) is 32.9. The van der Waals surface area contributed by atoms with Crippen LogP contribution in [0.4, 0.5) is 0 Å². The molecule has 440 valence electrons. The third-order valence-electron chi connectivity index (χ3n) is 14.4. The zero-order chi connectivity index (χ0) is 55.0. The van der Waals surface area contributed by atoms with Crippen LogP contribution in [0.2, 0.25) is 0 Å². The minimum atomic E-state index is -0.791. The Balaban J connectivity index is 4.19. The van der Waals surface area contributed by atoms with Crippen molar-refractivity contribution in [1.29, 1.82) is 0 Å². The number of unbranched alkanes of at least 4 members (excludes halogenated alkanes) is 37. The minimum Gasteiger partial charge on any atom is -0.462 e. The van der Waals surface area contributed by atoms with Gasteiger partial charge in [-0.2, -0.15) is 0 Å². The van der Waals surface area contributed by atoms with Crippen molar-refractivity contribution in [3.8, 4) is 0 Å². The summed E-state index contributed by atoms with van der Waals surface area (Å²) in [4.78, 5) is 38.2. The molecule has 0 bridgehead atoms. The molecular formula is C70H124O6. The summed E-state index contributed by atoms with van der Waals surface area (Å²) in [6, 6.07) is 0. The van der Waals surface area contributed by atoms with E-state index in [9.17, 15) is 14.4 Å². The van der Waals surface area contributed by atoms with Crippen LogP contribution in [-0.4, -0.2) is 37.2 Å². The summed E-state index contributed by atoms with van der Waals surface area (Å²) in [6.07, 6.45) is 83.6. The first-order valence-corrected chi connectivity index (χ1v) is 32.9. The van der Waals surface area contributed by atoms with Gasteiger partial charge in [0.05, 0.1) is 0 Å². The summed E-state index contributed by atoms with van der Waals surface area (Å²) < 4.78 is 16.9. The molecule has 0 heterocycles. The lowest BCUT2D eigenvalue weighted by Crippen LogP contribution is -2.30. The van der Waals surface area contributed by atoms with Gasteiger partial charge in [0.15, 0.2) is 6.10 Å². The van der Waals surface area contributed by atoms with Crippen LogP contribution < -0.4 is 0 Å². The Morgan fingerprint density at radius 2 is 0.513 bits per heavy atom. The van der Waals surface area contributed by atoms with E-state index in [4.69, 9.17) is 14.2 Å². The average molecular weight is 1060 g/mol. The van der Waals surface area contributed by atoms with Gasteiger partial charge in [-0.3, -0.25) is 14.4 Å². The SMILES string of the molecule is CC/C=C\C/C=C\C/C=C\C/C=C\C/C=C\CCCCCC(=O)OC(COC(=O)CCCCCCCCCCCC)COC(=O)CCCCCCCCCCCCCCCCCCC/C=C\CCCCCCCCCC. The molecule has 0 saturated heterocycles. The fourth-order valence-corrected chi connectivity index (χ4v) is 9.53. The van der Waals surface area contributed by atoms with Gasteiger partial charge in [0.25, 0.3) is 0 Å². The molecule has 0 aromatic carbocycles. The Hall–Kier alpha value is -3.15. The number of rotatable bonds is 60. The van der Waals surface area contributed by atoms with Crippen molar-refractivity contribution < 1.29 is 28.6 Å². The van der Waals surface area contributed by atoms with Crippen molar-refractivity contribution in [2.24, 2.45) is 0 Å². The Labute approximate surface area is 472 Å². The second-order valence-corrected chi connectivity index (χ2v) is 22.0. The van der Waals surface area contributed by atoms with Crippen molar-refractivity contribution >= 4 is 17.9 Å². The van der Waals surface area contributed by atoms with Gasteiger partial charge in [0.1, 0.15) is 13.2 Å². The first kappa shape index (κ1) is 72.8. The second-order valence-electron chi connectivity index (χ2n) is 22.0. The molecule has 6 nitrogen and oxygen atoms in total. The number of allylic oxidation sites excluding steroid dienone is 12. The Kier molecular flexibility index (Phi) is 61.7. The van der Waals surface area contributed by atoms with Crippen LogP contribution >= 0.6 is 0 Å². The molecule has 1 atom stereocenters. The standard InChI is InChI=1S/C70H124O6/c1-4-7-10-13-16-19-22-24-26-28-30-31-32-33-34-35-36-37-38-39-41-42-44-46-48-51-54-57-60-63-69(72)75-66-67(65-74-68(71)62-59-56-53-50-21-18-15-12-9-6-3)76-70(73)64-61-58-55-52-49-47-45-43-40-29-27-25-23-20-17-14-11-8-5-2/h8,11,17,20,25,27-28,30,40,43,47,49,67H,4-7,9-10,12-16,18-19,21-24,26,29,31-39,41-42,44-46,48,50-66H2,1-3H3/b11-8-,20-17-,27-25-,30-28-,43-40-,49-47-. The minimum absolute atomic E-state index is 0.0854. The van der Waals surface area contributed by atoms with Gasteiger partial charge in [-0.25, -0.2) is 0 Å². The zero-order valence-electron chi connectivity index (χ0n) is 50.5. The monoisotopic (exact) mass is 1060 g/mol. The maximum atomic E-state index is 12.9. The highest BCUT2D eigenvalue weighted by Crippen LogP contribution is 2.17. The maximum absolute atomic E-state index is 12.9. The van der Waals surface area contributed by atoms with Gasteiger partial charge in [-0.05, 0) is 89.9 Å². The van der Waals surface area contributed by atoms with Gasteiger partial charge in [-0.1, -0.05) is 299 Å². The molecule has 0 saturated carbocycles. The summed E-state index contributed by atoms with van der Waals surface area (Å²) in [5.74, 6) is -0.905. The predicted octanol–water partition coefficient (Wildman–Crippen LogP) is 22.5. The Bertz CT molecular complexity index is 1400. The molecule has 0 aliphatic rings. The smallest absolute Gasteiger partial charge is 0.306 e. The Morgan fingerprint density at radius 1 is 0.276 bits per heavy atom. The van der Waals surface area contributed by atoms with E-state index >= 15 is 0 Å². The quantitative estimate of drug-likeness (QED) is 0.0261. The molecule has 0 aromatic rings. The molecule has 0 aromatic heterocycles. The molecule has 0 aliphatic carbocycles. The predicted molar refractivity (Wildman–Crippen MR) is 330 cm³/mol. The lowest BCUT2D eigenvalue weighted by molar-refractivity contribution is -0.167. The van der Waals surface area contributed by atoms with Crippen molar-refractivity contribution in [3.05, 3.63) is 72.9 Å². The number of hydrogen-bond acceptors (Lipinski definition) is 6. The molecule has 76 heavy (non-hydrogen) atoms. The summed E-state index contributed by atoms with van der Waals surface area (Å²) >= 11 is 0. The van der Waals surface area contributed by atoms with Crippen molar-refractivity contribution in [3.63, 3.8) is 0 Å². The van der Waals surface area contributed by atoms with Gasteiger partial charge in [0.2, 0.25) is 0 Å². The fourth-order valence-electron chi connectivity index (χ4n) is 9.53. The maximum Gasteiger partial charge on any atom is 0.306 e. The Morgan fingerprint density at radius 3 is 0.829 bits per heavy atom. The third kappa shape index (κ3) is 61.7. The number of ether oxygens (including phenoxy) is 3. The van der Waals surface area contributed by atoms with Gasteiger partial charge in [-0.15, -0.1) is 0 Å². The normalized spacial score (nSPS) is 12.5. The van der Waals surface area contributed by atoms with Crippen LogP contribution in [0.1, 0.15) is 335 Å². The van der Waals surface area contributed by atoms with E-state index in [0.717, 1.165) is 96.3 Å². The van der Waals surface area contributed by atoms with Crippen molar-refractivity contribution in [2.45, 2.75) is 341 Å². The van der Waals surface area contributed by atoms with E-state index in [1.165, 1.54) is 199 Å². The number of esters is 3. The van der Waals surface area contributed by atoms with E-state index < -0.39 is 6.10 Å². The highest BCUT2D eigenvalue weighted by molar-refractivity contribution is 5.71. The summed E-state index contributed by atoms with van der Waals surface area (Å²) in [5.41, 5.74) is 0. The van der Waals surface area contributed by atoms with Crippen LogP contribution in [0.15, 0.2) is 72.9 Å². The summed E-state index contributed by atoms with van der Waals surface area (Å²) in [5, 5.41) is 0. The van der Waals surface area contributed by atoms with Gasteiger partial charge < -0.3 is 14.2 Å². The van der Waals surface area contributed by atoms with Gasteiger partial charge >= 0.3 is 17.9 Å². The topological polar surface area (TPSA) is 78.9 Å². The van der Waals surface area contributed by atoms with E-state index in [-0.39, 0.29) is 31.1 Å². The number of carbonyl (C=O) groups excluding carboxylic acids is 3. The molecule has 1 unspecified atom stereocenters. The second kappa shape index (κ2) is 64.4. The van der Waals surface area contributed by atoms with E-state index in [2.05, 4.69) is 93.7 Å². The van der Waals surface area contributed by atoms with Crippen LogP contribution in [0.3, 0.4) is 0 Å². The van der Waals surface area contributed by atoms with Gasteiger partial charge in [0, 0.05) is 19.3 Å². The summed E-state index contributed by atoms with van der Waals surface area (Å²) in [7, 11) is 0. The fraction of sp³-hybridized carbons (Fsp3) is 0.786. The highest BCUT2D eigenvalue weighted by atomic mass is 16.6. The number of carbonyl (C=O) groups is 3. The lowest BCUT2D eigenvalue weighted by atomic mass is 10.0. The molecule has 0 rings (SSSR count). The molecule has 0 amide bonds. The van der Waals surface area contributed by atoms with Crippen LogP contribution in [-0.2, 0) is 28.6 Å². The largest absolute Gasteiger partial charge is 0.462 e. The van der Waals surface area contributed by atoms with Crippen LogP contribution in [0.25, 0.3) is 0 Å². The molecule has 0 radical (unpaired) electrons. The average Bonchev–Trinajstić information content (AvgIpc) is 3.42. The molecule has 0 spiro atoms. The molecule has 0 fully saturated rings. The van der Waals surface area contributed by atoms with Crippen molar-refractivity contribution in [2.75, 3.05) is 13.2 Å². The first-order chi connectivity index (χ1) is 37.5. The molecule has 6 heteroatoms. The lowest BCUT2D eigenvalue weighted by Gasteiger charge is -2.18. The third-order valence-corrected chi connectivity index (χ3v) is 14.4. The summed E-state index contributed by atoms with van der Waals surface area (Å²) in [6.45, 7) is 6.52. The van der Waals surface area contributed by atoms with Crippen LogP contribution in [0, 0.1) is 0 Å². The van der Waals surface area contributed by atoms with E-state index in [1.807, 2.05) is 0 Å². The van der Waals surface area contributed by atoms with E-state index in [0.29, 0.717) is 19.3 Å². The van der Waals surface area contributed by atoms with E-state index in [1.54, 1.807) is 0 Å². The molecular weight excluding hydrogens is 937 g/mol. The molecule has 0 N–H and O–H groups in total. The number of hydrogen-bond donors (Lipinski definition) is 0. The van der Waals surface area contributed by atoms with Crippen LogP contribution in [0.5, 0.6) is 0 Å². The zero-order valence-corrected chi connectivity index (χ0v) is 50.5. The van der Waals surface area contributed by atoms with Crippen molar-refractivity contribution in [1.82, 2.24) is 0 Å². The molecule has 0 aliphatic heterocycles. The highest BCUT2D eigenvalue weighted by Gasteiger charge is 2.19.